The van der Waals surface area contributed by atoms with Crippen molar-refractivity contribution in [1.29, 1.82) is 0 Å². The van der Waals surface area contributed by atoms with E-state index in [4.69, 9.17) is 15.3 Å². The van der Waals surface area contributed by atoms with Crippen molar-refractivity contribution in [3.05, 3.63) is 0 Å². The van der Waals surface area contributed by atoms with E-state index >= 15 is 0 Å². The maximum Gasteiger partial charge on any atom is 0.151 e. The zero-order chi connectivity index (χ0) is 16.2. The van der Waals surface area contributed by atoms with Crippen LogP contribution in [0, 0.1) is 0 Å². The van der Waals surface area contributed by atoms with Gasteiger partial charge in [-0.2, -0.15) is 0 Å². The summed E-state index contributed by atoms with van der Waals surface area (Å²) in [6.07, 6.45) is 15.9. The highest BCUT2D eigenvalue weighted by atomic mass is 16.5. The summed E-state index contributed by atoms with van der Waals surface area (Å²) in [5.41, 5.74) is 0. The summed E-state index contributed by atoms with van der Waals surface area (Å²) in [4.78, 5) is 0. The van der Waals surface area contributed by atoms with E-state index in [1.165, 1.54) is 57.8 Å². The molecule has 0 rings (SSSR count). The fourth-order valence-corrected chi connectivity index (χ4v) is 2.18. The van der Waals surface area contributed by atoms with E-state index in [1.54, 1.807) is 0 Å². The van der Waals surface area contributed by atoms with Gasteiger partial charge in [0.05, 0.1) is 0 Å². The fraction of sp³-hybridized carbons (Fsp3) is 1.00. The Morgan fingerprint density at radius 3 is 1.33 bits per heavy atom. The lowest BCUT2D eigenvalue weighted by molar-refractivity contribution is -0.0465. The second-order valence-corrected chi connectivity index (χ2v) is 5.88. The van der Waals surface area contributed by atoms with Crippen molar-refractivity contribution in [3.63, 3.8) is 0 Å². The number of aliphatic hydroxyl groups excluding tert-OH is 2. The fourth-order valence-electron chi connectivity index (χ4n) is 2.18. The quantitative estimate of drug-likeness (QED) is 0.320. The van der Waals surface area contributed by atoms with Gasteiger partial charge in [-0.25, -0.2) is 0 Å². The predicted molar refractivity (Wildman–Crippen MR) is 91.3 cm³/mol. The molecule has 3 N–H and O–H groups in total. The van der Waals surface area contributed by atoms with Crippen LogP contribution < -0.4 is 0 Å². The first-order valence-corrected chi connectivity index (χ1v) is 9.16. The first-order valence-electron chi connectivity index (χ1n) is 9.16. The Labute approximate surface area is 132 Å². The Kier molecular flexibility index (Phi) is 24.4. The van der Waals surface area contributed by atoms with Gasteiger partial charge >= 0.3 is 0 Å². The molecule has 0 fully saturated rings. The molecule has 0 aromatic carbocycles. The Morgan fingerprint density at radius 2 is 0.952 bits per heavy atom. The van der Waals surface area contributed by atoms with Gasteiger partial charge in [-0.05, 0) is 19.3 Å². The van der Waals surface area contributed by atoms with Crippen LogP contribution in [0.15, 0.2) is 0 Å². The van der Waals surface area contributed by atoms with Gasteiger partial charge in [-0.1, -0.05) is 84.5 Å². The summed E-state index contributed by atoms with van der Waals surface area (Å²) in [5, 5.41) is 25.2. The lowest BCUT2D eigenvalue weighted by Gasteiger charge is -2.00. The molecule has 0 saturated heterocycles. The molecule has 3 nitrogen and oxygen atoms in total. The molecule has 0 heterocycles. The summed E-state index contributed by atoms with van der Waals surface area (Å²) in [6.45, 7) is 4.72. The van der Waals surface area contributed by atoms with Crippen molar-refractivity contribution in [3.8, 4) is 0 Å². The SMILES string of the molecule is CCCCCC(O)O.CCCCCCCCCCCCO. The lowest BCUT2D eigenvalue weighted by Crippen LogP contribution is -2.02. The van der Waals surface area contributed by atoms with Gasteiger partial charge in [0.1, 0.15) is 0 Å². The van der Waals surface area contributed by atoms with Crippen molar-refractivity contribution >= 4 is 0 Å². The van der Waals surface area contributed by atoms with E-state index in [0.717, 1.165) is 25.7 Å². The maximum absolute atomic E-state index is 8.57. The van der Waals surface area contributed by atoms with Crippen LogP contribution >= 0.6 is 0 Å². The van der Waals surface area contributed by atoms with E-state index in [2.05, 4.69) is 13.8 Å². The minimum atomic E-state index is -1.10. The Balaban J connectivity index is 0. The second-order valence-electron chi connectivity index (χ2n) is 5.88. The van der Waals surface area contributed by atoms with E-state index in [-0.39, 0.29) is 0 Å². The highest BCUT2D eigenvalue weighted by Gasteiger charge is 1.93. The number of unbranched alkanes of at least 4 members (excludes halogenated alkanes) is 11. The molecule has 0 saturated carbocycles. The molecule has 0 aromatic heterocycles. The van der Waals surface area contributed by atoms with Crippen molar-refractivity contribution in [2.75, 3.05) is 6.61 Å². The monoisotopic (exact) mass is 304 g/mol. The van der Waals surface area contributed by atoms with E-state index in [0.29, 0.717) is 13.0 Å². The number of hydrogen-bond donors (Lipinski definition) is 3. The molecule has 0 bridgehead atoms. The molecule has 0 unspecified atom stereocenters. The third-order valence-corrected chi connectivity index (χ3v) is 3.58. The van der Waals surface area contributed by atoms with Crippen LogP contribution in [0.5, 0.6) is 0 Å². The standard InChI is InChI=1S/C12H26O.C6H14O2/c1-2-3-4-5-6-7-8-9-10-11-12-13;1-2-3-4-5-6(7)8/h13H,2-12H2,1H3;6-8H,2-5H2,1H3. The molecule has 0 atom stereocenters. The minimum absolute atomic E-state index is 0.372. The smallest absolute Gasteiger partial charge is 0.151 e. The molecule has 0 aliphatic heterocycles. The zero-order valence-electron chi connectivity index (χ0n) is 14.5. The number of hydrogen-bond acceptors (Lipinski definition) is 3. The summed E-state index contributed by atoms with van der Waals surface area (Å²) in [7, 11) is 0. The summed E-state index contributed by atoms with van der Waals surface area (Å²) in [5.74, 6) is 0. The summed E-state index contributed by atoms with van der Waals surface area (Å²) >= 11 is 0. The van der Waals surface area contributed by atoms with Gasteiger partial charge in [0.2, 0.25) is 0 Å². The van der Waals surface area contributed by atoms with Gasteiger partial charge in [-0.15, -0.1) is 0 Å². The lowest BCUT2D eigenvalue weighted by atomic mass is 10.1. The van der Waals surface area contributed by atoms with Gasteiger partial charge in [-0.3, -0.25) is 0 Å². The van der Waals surface area contributed by atoms with Crippen molar-refractivity contribution in [1.82, 2.24) is 0 Å². The molecule has 0 radical (unpaired) electrons. The first-order chi connectivity index (χ1) is 10.2. The normalized spacial score (nSPS) is 10.6. The highest BCUT2D eigenvalue weighted by molar-refractivity contribution is 4.46. The zero-order valence-corrected chi connectivity index (χ0v) is 14.5. The number of aliphatic hydroxyl groups is 3. The largest absolute Gasteiger partial charge is 0.396 e. The Bertz CT molecular complexity index is 151. The Morgan fingerprint density at radius 1 is 0.571 bits per heavy atom. The molecule has 3 heteroatoms. The van der Waals surface area contributed by atoms with E-state index in [1.807, 2.05) is 0 Å². The molecular formula is C18H40O3. The van der Waals surface area contributed by atoms with E-state index < -0.39 is 6.29 Å². The number of rotatable bonds is 14. The van der Waals surface area contributed by atoms with Gasteiger partial charge in [0, 0.05) is 6.61 Å². The third kappa shape index (κ3) is 28.7. The molecule has 0 amide bonds. The molecule has 0 aromatic rings. The predicted octanol–water partition coefficient (Wildman–Crippen LogP) is 4.78. The van der Waals surface area contributed by atoms with Crippen molar-refractivity contribution in [2.24, 2.45) is 0 Å². The minimum Gasteiger partial charge on any atom is -0.396 e. The van der Waals surface area contributed by atoms with Crippen molar-refractivity contribution < 1.29 is 15.3 Å². The highest BCUT2D eigenvalue weighted by Crippen LogP contribution is 2.10. The Hall–Kier alpha value is -0.120. The molecule has 0 aliphatic rings. The molecule has 130 valence electrons. The molecule has 0 aliphatic carbocycles. The van der Waals surface area contributed by atoms with Gasteiger partial charge in [0.25, 0.3) is 0 Å². The molecule has 0 spiro atoms. The van der Waals surface area contributed by atoms with Gasteiger partial charge in [0.15, 0.2) is 6.29 Å². The third-order valence-electron chi connectivity index (χ3n) is 3.58. The van der Waals surface area contributed by atoms with Crippen LogP contribution in [-0.4, -0.2) is 28.2 Å². The van der Waals surface area contributed by atoms with Crippen LogP contribution in [0.3, 0.4) is 0 Å². The van der Waals surface area contributed by atoms with Crippen molar-refractivity contribution in [2.45, 2.75) is 110 Å². The van der Waals surface area contributed by atoms with Crippen LogP contribution in [0.25, 0.3) is 0 Å². The summed E-state index contributed by atoms with van der Waals surface area (Å²) < 4.78 is 0. The van der Waals surface area contributed by atoms with E-state index in [9.17, 15) is 0 Å². The van der Waals surface area contributed by atoms with Gasteiger partial charge < -0.3 is 15.3 Å². The van der Waals surface area contributed by atoms with Crippen LogP contribution in [0.2, 0.25) is 0 Å². The van der Waals surface area contributed by atoms with Crippen LogP contribution in [0.4, 0.5) is 0 Å². The second kappa shape index (κ2) is 22.2. The maximum atomic E-state index is 8.57. The molecule has 21 heavy (non-hydrogen) atoms. The summed E-state index contributed by atoms with van der Waals surface area (Å²) in [6, 6.07) is 0. The van der Waals surface area contributed by atoms with Crippen LogP contribution in [-0.2, 0) is 0 Å². The average Bonchev–Trinajstić information content (AvgIpc) is 2.46. The average molecular weight is 305 g/mol. The van der Waals surface area contributed by atoms with Crippen LogP contribution in [0.1, 0.15) is 104 Å². The topological polar surface area (TPSA) is 60.7 Å². The first kappa shape index (κ1) is 23.2. The molecular weight excluding hydrogens is 264 g/mol.